The smallest absolute Gasteiger partial charge is 0.264 e. The average Bonchev–Trinajstić information content (AvgIpc) is 3.40. The number of carbonyl (C=O) groups excluding carboxylic acids is 1. The fourth-order valence-corrected chi connectivity index (χ4v) is 4.99. The Kier molecular flexibility index (Phi) is 8.02. The Labute approximate surface area is 207 Å². The molecule has 0 radical (unpaired) electrons. The average molecular weight is 472 g/mol. The summed E-state index contributed by atoms with van der Waals surface area (Å²) in [4.78, 5) is 17.4. The second-order valence-electron chi connectivity index (χ2n) is 9.47. The first kappa shape index (κ1) is 24.7. The summed E-state index contributed by atoms with van der Waals surface area (Å²) in [5.74, 6) is -0.198. The van der Waals surface area contributed by atoms with Crippen molar-refractivity contribution in [1.82, 2.24) is 14.4 Å². The van der Waals surface area contributed by atoms with Gasteiger partial charge in [0.15, 0.2) is 0 Å². The Balaban J connectivity index is 1.41. The van der Waals surface area contributed by atoms with Crippen LogP contribution in [0.3, 0.4) is 0 Å². The van der Waals surface area contributed by atoms with Gasteiger partial charge in [-0.1, -0.05) is 12.1 Å². The summed E-state index contributed by atoms with van der Waals surface area (Å²) in [5, 5.41) is 18.8. The maximum Gasteiger partial charge on any atom is 0.264 e. The molecular formula is C28H33N5O2. The molecule has 2 aromatic rings. The second kappa shape index (κ2) is 11.4. The summed E-state index contributed by atoms with van der Waals surface area (Å²) >= 11 is 0. The van der Waals surface area contributed by atoms with E-state index in [1.165, 1.54) is 0 Å². The van der Waals surface area contributed by atoms with Crippen LogP contribution in [0.15, 0.2) is 35.9 Å². The second-order valence-corrected chi connectivity index (χ2v) is 9.47. The lowest BCUT2D eigenvalue weighted by Gasteiger charge is -2.22. The Morgan fingerprint density at radius 3 is 2.60 bits per heavy atom. The zero-order valence-corrected chi connectivity index (χ0v) is 20.7. The zero-order valence-electron chi connectivity index (χ0n) is 20.7. The molecule has 182 valence electrons. The van der Waals surface area contributed by atoms with Crippen LogP contribution in [0, 0.1) is 36.5 Å². The number of aromatic nitrogens is 1. The van der Waals surface area contributed by atoms with Gasteiger partial charge in [-0.2, -0.15) is 10.5 Å². The summed E-state index contributed by atoms with van der Waals surface area (Å²) in [6.45, 7) is 9.38. The van der Waals surface area contributed by atoms with Gasteiger partial charge in [-0.3, -0.25) is 9.69 Å². The van der Waals surface area contributed by atoms with Crippen molar-refractivity contribution in [3.63, 3.8) is 0 Å². The number of benzene rings is 1. The minimum Gasteiger partial charge on any atom is -0.376 e. The van der Waals surface area contributed by atoms with Gasteiger partial charge in [0.25, 0.3) is 5.91 Å². The van der Waals surface area contributed by atoms with E-state index < -0.39 is 0 Å². The van der Waals surface area contributed by atoms with Gasteiger partial charge in [0, 0.05) is 57.3 Å². The van der Waals surface area contributed by atoms with Crippen molar-refractivity contribution in [1.29, 1.82) is 10.5 Å². The SMILES string of the molecule is Cc1cc(/C=C(\C#N)C(=O)N2CCCN(Cc3ccc(C#N)cc3)CC2)c(C)n1CC1CCCO1. The molecule has 2 aliphatic rings. The number of rotatable bonds is 6. The van der Waals surface area contributed by atoms with E-state index in [2.05, 4.69) is 34.6 Å². The standard InChI is InChI=1S/C28H33N5O2/c1-21-15-25(22(2)33(21)20-27-5-3-14-35-27)16-26(18-30)28(34)32-11-4-10-31(12-13-32)19-24-8-6-23(17-29)7-9-24/h6-9,15-16,27H,3-5,10-14,19-20H2,1-2H3/b26-16+. The van der Waals surface area contributed by atoms with Crippen molar-refractivity contribution in [2.75, 3.05) is 32.8 Å². The van der Waals surface area contributed by atoms with Crippen molar-refractivity contribution in [2.24, 2.45) is 0 Å². The van der Waals surface area contributed by atoms with Crippen molar-refractivity contribution in [3.05, 3.63) is 64.0 Å². The molecule has 1 unspecified atom stereocenters. The maximum atomic E-state index is 13.3. The predicted octanol–water partition coefficient (Wildman–Crippen LogP) is 3.80. The molecule has 0 N–H and O–H groups in total. The van der Waals surface area contributed by atoms with Crippen LogP contribution in [-0.2, 0) is 22.6 Å². The van der Waals surface area contributed by atoms with Crippen molar-refractivity contribution >= 4 is 12.0 Å². The number of hydrogen-bond donors (Lipinski definition) is 0. The molecule has 0 bridgehead atoms. The monoisotopic (exact) mass is 471 g/mol. The highest BCUT2D eigenvalue weighted by Crippen LogP contribution is 2.23. The van der Waals surface area contributed by atoms with Crippen LogP contribution < -0.4 is 0 Å². The van der Waals surface area contributed by atoms with Crippen molar-refractivity contribution in [2.45, 2.75) is 52.3 Å². The molecule has 1 atom stereocenters. The Hall–Kier alpha value is -3.39. The van der Waals surface area contributed by atoms with Gasteiger partial charge in [-0.25, -0.2) is 0 Å². The Morgan fingerprint density at radius 1 is 1.11 bits per heavy atom. The highest BCUT2D eigenvalue weighted by Gasteiger charge is 2.23. The van der Waals surface area contributed by atoms with Crippen LogP contribution in [0.2, 0.25) is 0 Å². The molecule has 1 amide bonds. The van der Waals surface area contributed by atoms with Gasteiger partial charge in [-0.15, -0.1) is 0 Å². The fraction of sp³-hybridized carbons (Fsp3) is 0.464. The topological polar surface area (TPSA) is 85.3 Å². The largest absolute Gasteiger partial charge is 0.376 e. The minimum atomic E-state index is -0.198. The molecular weight excluding hydrogens is 438 g/mol. The molecule has 7 heteroatoms. The lowest BCUT2D eigenvalue weighted by atomic mass is 10.1. The molecule has 0 saturated carbocycles. The van der Waals surface area contributed by atoms with Gasteiger partial charge in [0.05, 0.1) is 17.7 Å². The number of amides is 1. The Bertz CT molecular complexity index is 1160. The first-order chi connectivity index (χ1) is 17.0. The van der Waals surface area contributed by atoms with Crippen LogP contribution >= 0.6 is 0 Å². The molecule has 4 rings (SSSR count). The highest BCUT2D eigenvalue weighted by molar-refractivity contribution is 6.01. The van der Waals surface area contributed by atoms with Crippen LogP contribution in [0.4, 0.5) is 0 Å². The van der Waals surface area contributed by atoms with Crippen molar-refractivity contribution < 1.29 is 9.53 Å². The number of hydrogen-bond acceptors (Lipinski definition) is 5. The quantitative estimate of drug-likeness (QED) is 0.473. The summed E-state index contributed by atoms with van der Waals surface area (Å²) in [7, 11) is 0. The molecule has 0 aliphatic carbocycles. The van der Waals surface area contributed by atoms with E-state index >= 15 is 0 Å². The van der Waals surface area contributed by atoms with Crippen LogP contribution in [0.5, 0.6) is 0 Å². The molecule has 2 saturated heterocycles. The predicted molar refractivity (Wildman–Crippen MR) is 134 cm³/mol. The zero-order chi connectivity index (χ0) is 24.8. The molecule has 1 aromatic heterocycles. The molecule has 0 spiro atoms. The van der Waals surface area contributed by atoms with Gasteiger partial charge in [-0.05, 0) is 68.5 Å². The van der Waals surface area contributed by atoms with Gasteiger partial charge >= 0.3 is 0 Å². The Morgan fingerprint density at radius 2 is 1.91 bits per heavy atom. The molecule has 3 heterocycles. The van der Waals surface area contributed by atoms with E-state index in [0.29, 0.717) is 18.7 Å². The number of nitriles is 2. The van der Waals surface area contributed by atoms with Gasteiger partial charge < -0.3 is 14.2 Å². The van der Waals surface area contributed by atoms with E-state index in [9.17, 15) is 10.1 Å². The van der Waals surface area contributed by atoms with E-state index in [1.54, 1.807) is 11.0 Å². The third-order valence-electron chi connectivity index (χ3n) is 7.04. The summed E-state index contributed by atoms with van der Waals surface area (Å²) in [5.41, 5.74) is 5.08. The molecule has 35 heavy (non-hydrogen) atoms. The summed E-state index contributed by atoms with van der Waals surface area (Å²) < 4.78 is 8.03. The number of ether oxygens (including phenoxy) is 1. The lowest BCUT2D eigenvalue weighted by Crippen LogP contribution is -2.35. The van der Waals surface area contributed by atoms with E-state index in [-0.39, 0.29) is 17.6 Å². The maximum absolute atomic E-state index is 13.3. The first-order valence-corrected chi connectivity index (χ1v) is 12.4. The van der Waals surface area contributed by atoms with Crippen LogP contribution in [0.25, 0.3) is 6.08 Å². The van der Waals surface area contributed by atoms with E-state index in [4.69, 9.17) is 10.00 Å². The summed E-state index contributed by atoms with van der Waals surface area (Å²) in [6, 6.07) is 14.0. The highest BCUT2D eigenvalue weighted by atomic mass is 16.5. The number of nitrogens with zero attached hydrogens (tertiary/aromatic N) is 5. The fourth-order valence-electron chi connectivity index (χ4n) is 4.99. The van der Waals surface area contributed by atoms with E-state index in [1.807, 2.05) is 31.2 Å². The van der Waals surface area contributed by atoms with Gasteiger partial charge in [0.2, 0.25) is 0 Å². The number of carbonyl (C=O) groups is 1. The minimum absolute atomic E-state index is 0.183. The lowest BCUT2D eigenvalue weighted by molar-refractivity contribution is -0.126. The third-order valence-corrected chi connectivity index (χ3v) is 7.04. The van der Waals surface area contributed by atoms with Crippen LogP contribution in [0.1, 0.15) is 47.3 Å². The molecule has 7 nitrogen and oxygen atoms in total. The molecule has 2 fully saturated rings. The first-order valence-electron chi connectivity index (χ1n) is 12.4. The van der Waals surface area contributed by atoms with Crippen LogP contribution in [-0.4, -0.2) is 59.2 Å². The number of aryl methyl sites for hydroxylation is 1. The normalized spacial score (nSPS) is 19.3. The third kappa shape index (κ3) is 6.00. The van der Waals surface area contributed by atoms with E-state index in [0.717, 1.165) is 74.6 Å². The molecule has 1 aromatic carbocycles. The molecule has 2 aliphatic heterocycles. The van der Waals surface area contributed by atoms with Gasteiger partial charge in [0.1, 0.15) is 11.6 Å². The summed E-state index contributed by atoms with van der Waals surface area (Å²) in [6.07, 6.45) is 5.01. The van der Waals surface area contributed by atoms with Crippen molar-refractivity contribution in [3.8, 4) is 12.1 Å².